The monoisotopic (exact) mass is 388 g/mol. The Labute approximate surface area is 164 Å². The fraction of sp³-hybridized carbons (Fsp3) is 0.526. The number of morpholine rings is 1. The van der Waals surface area contributed by atoms with Crippen molar-refractivity contribution in [3.63, 3.8) is 0 Å². The maximum atomic E-state index is 5.62. The Morgan fingerprint density at radius 1 is 1.37 bits per heavy atom. The molecule has 146 valence electrons. The van der Waals surface area contributed by atoms with Crippen molar-refractivity contribution in [3.05, 3.63) is 39.5 Å². The van der Waals surface area contributed by atoms with Crippen LogP contribution in [0.5, 0.6) is 0 Å². The van der Waals surface area contributed by atoms with Gasteiger partial charge < -0.3 is 20.3 Å². The number of nitrogens with zero attached hydrogens (tertiary/aromatic N) is 4. The fourth-order valence-electron chi connectivity index (χ4n) is 2.95. The maximum Gasteiger partial charge on any atom is 0.191 e. The predicted octanol–water partition coefficient (Wildman–Crippen LogP) is 2.25. The van der Waals surface area contributed by atoms with Gasteiger partial charge >= 0.3 is 0 Å². The number of hydrogen-bond acceptors (Lipinski definition) is 6. The van der Waals surface area contributed by atoms with Crippen LogP contribution in [0.15, 0.2) is 23.3 Å². The van der Waals surface area contributed by atoms with Crippen LogP contribution in [-0.4, -0.2) is 48.8 Å². The minimum atomic E-state index is 0.239. The molecule has 1 atom stereocenters. The average Bonchev–Trinajstić information content (AvgIpc) is 3.00. The number of rotatable bonds is 5. The van der Waals surface area contributed by atoms with Crippen molar-refractivity contribution in [2.75, 3.05) is 31.6 Å². The lowest BCUT2D eigenvalue weighted by molar-refractivity contribution is 0.0529. The van der Waals surface area contributed by atoms with Crippen LogP contribution in [0.2, 0.25) is 0 Å². The summed E-state index contributed by atoms with van der Waals surface area (Å²) in [7, 11) is 1.78. The van der Waals surface area contributed by atoms with Crippen molar-refractivity contribution in [2.24, 2.45) is 4.99 Å². The summed E-state index contributed by atoms with van der Waals surface area (Å²) < 4.78 is 5.62. The van der Waals surface area contributed by atoms with E-state index in [1.807, 2.05) is 19.2 Å². The summed E-state index contributed by atoms with van der Waals surface area (Å²) in [6.45, 7) is 10.1. The number of aliphatic imine (C=N–C) groups is 1. The van der Waals surface area contributed by atoms with Gasteiger partial charge in [0.25, 0.3) is 0 Å². The minimum Gasteiger partial charge on any atom is -0.375 e. The number of nitrogens with one attached hydrogen (secondary N) is 2. The Morgan fingerprint density at radius 2 is 2.19 bits per heavy atom. The highest BCUT2D eigenvalue weighted by Gasteiger charge is 2.18. The van der Waals surface area contributed by atoms with Gasteiger partial charge in [0.05, 0.1) is 24.9 Å². The summed E-state index contributed by atoms with van der Waals surface area (Å²) >= 11 is 1.72. The molecule has 1 saturated heterocycles. The first-order valence-corrected chi connectivity index (χ1v) is 10.1. The topological polar surface area (TPSA) is 74.7 Å². The third kappa shape index (κ3) is 5.40. The van der Waals surface area contributed by atoms with Gasteiger partial charge in [-0.05, 0) is 38.5 Å². The molecule has 3 rings (SSSR count). The van der Waals surface area contributed by atoms with E-state index in [9.17, 15) is 0 Å². The van der Waals surface area contributed by atoms with E-state index >= 15 is 0 Å². The van der Waals surface area contributed by atoms with Gasteiger partial charge in [0.2, 0.25) is 0 Å². The molecule has 7 nitrogen and oxygen atoms in total. The summed E-state index contributed by atoms with van der Waals surface area (Å²) in [6.07, 6.45) is 2.10. The highest BCUT2D eigenvalue weighted by molar-refractivity contribution is 7.11. The summed E-state index contributed by atoms with van der Waals surface area (Å²) in [5, 5.41) is 7.76. The Bertz CT molecular complexity index is 771. The SMILES string of the molecule is CN=C(NCc1ccnc(N2CCOC(C)C2)c1)NCc1nc(C)c(C)s1. The van der Waals surface area contributed by atoms with E-state index in [0.717, 1.165) is 42.2 Å². The summed E-state index contributed by atoms with van der Waals surface area (Å²) in [4.78, 5) is 16.9. The smallest absolute Gasteiger partial charge is 0.191 e. The largest absolute Gasteiger partial charge is 0.375 e. The molecular formula is C19H28N6OS. The van der Waals surface area contributed by atoms with Gasteiger partial charge in [0, 0.05) is 37.8 Å². The molecule has 1 aliphatic rings. The number of thiazole rings is 1. The molecule has 0 spiro atoms. The first-order chi connectivity index (χ1) is 13.0. The summed E-state index contributed by atoms with van der Waals surface area (Å²) in [5.41, 5.74) is 2.27. The van der Waals surface area contributed by atoms with Crippen LogP contribution in [0.4, 0.5) is 5.82 Å². The number of aryl methyl sites for hydroxylation is 2. The molecule has 0 radical (unpaired) electrons. The van der Waals surface area contributed by atoms with Crippen molar-refractivity contribution in [1.82, 2.24) is 20.6 Å². The van der Waals surface area contributed by atoms with Crippen molar-refractivity contribution >= 4 is 23.1 Å². The van der Waals surface area contributed by atoms with E-state index in [-0.39, 0.29) is 6.10 Å². The van der Waals surface area contributed by atoms with Crippen LogP contribution < -0.4 is 15.5 Å². The lowest BCUT2D eigenvalue weighted by Crippen LogP contribution is -2.41. The van der Waals surface area contributed by atoms with Crippen LogP contribution in [-0.2, 0) is 17.8 Å². The number of pyridine rings is 1. The molecule has 8 heteroatoms. The quantitative estimate of drug-likeness (QED) is 0.604. The van der Waals surface area contributed by atoms with Gasteiger partial charge in [0.15, 0.2) is 5.96 Å². The molecule has 1 unspecified atom stereocenters. The molecule has 0 bridgehead atoms. The maximum absolute atomic E-state index is 5.62. The summed E-state index contributed by atoms with van der Waals surface area (Å²) in [5.74, 6) is 1.76. The van der Waals surface area contributed by atoms with E-state index in [1.165, 1.54) is 10.4 Å². The first kappa shape index (κ1) is 19.6. The van der Waals surface area contributed by atoms with Crippen molar-refractivity contribution in [2.45, 2.75) is 40.0 Å². The second kappa shape index (κ2) is 9.14. The van der Waals surface area contributed by atoms with E-state index in [2.05, 4.69) is 50.4 Å². The van der Waals surface area contributed by atoms with Crippen LogP contribution in [0.3, 0.4) is 0 Å². The molecule has 2 aromatic rings. The third-order valence-corrected chi connectivity index (χ3v) is 5.61. The highest BCUT2D eigenvalue weighted by Crippen LogP contribution is 2.17. The molecule has 0 aromatic carbocycles. The predicted molar refractivity (Wildman–Crippen MR) is 110 cm³/mol. The summed E-state index contributed by atoms with van der Waals surface area (Å²) in [6, 6.07) is 4.16. The molecule has 2 N–H and O–H groups in total. The normalized spacial score (nSPS) is 17.9. The standard InChI is InChI=1S/C19H28N6OS/c1-13-12-25(7-8-26-13)17-9-16(5-6-21-17)10-22-19(20-4)23-11-18-24-14(2)15(3)27-18/h5-6,9,13H,7-8,10-12H2,1-4H3,(H2,20,22,23). The molecule has 0 aliphatic carbocycles. The van der Waals surface area contributed by atoms with Gasteiger partial charge in [-0.15, -0.1) is 11.3 Å². The Hall–Kier alpha value is -2.19. The Morgan fingerprint density at radius 3 is 2.89 bits per heavy atom. The van der Waals surface area contributed by atoms with Gasteiger partial charge in [-0.1, -0.05) is 0 Å². The molecule has 3 heterocycles. The van der Waals surface area contributed by atoms with Gasteiger partial charge in [-0.3, -0.25) is 4.99 Å². The van der Waals surface area contributed by atoms with E-state index in [4.69, 9.17) is 4.74 Å². The van der Waals surface area contributed by atoms with Gasteiger partial charge in [-0.2, -0.15) is 0 Å². The molecule has 2 aromatic heterocycles. The van der Waals surface area contributed by atoms with E-state index < -0.39 is 0 Å². The highest BCUT2D eigenvalue weighted by atomic mass is 32.1. The lowest BCUT2D eigenvalue weighted by atomic mass is 10.2. The average molecular weight is 389 g/mol. The zero-order valence-electron chi connectivity index (χ0n) is 16.5. The number of aromatic nitrogens is 2. The number of ether oxygens (including phenoxy) is 1. The number of anilines is 1. The molecule has 1 aliphatic heterocycles. The fourth-order valence-corrected chi connectivity index (χ4v) is 3.82. The molecular weight excluding hydrogens is 360 g/mol. The number of guanidine groups is 1. The van der Waals surface area contributed by atoms with Crippen molar-refractivity contribution in [1.29, 1.82) is 0 Å². The van der Waals surface area contributed by atoms with Crippen molar-refractivity contribution in [3.8, 4) is 0 Å². The van der Waals surface area contributed by atoms with Crippen LogP contribution in [0.1, 0.15) is 28.1 Å². The van der Waals surface area contributed by atoms with Crippen LogP contribution >= 0.6 is 11.3 Å². The lowest BCUT2D eigenvalue weighted by Gasteiger charge is -2.32. The molecule has 0 amide bonds. The van der Waals surface area contributed by atoms with E-state index in [1.54, 1.807) is 18.4 Å². The Kier molecular flexibility index (Phi) is 6.63. The second-order valence-electron chi connectivity index (χ2n) is 6.68. The van der Waals surface area contributed by atoms with Gasteiger partial charge in [0.1, 0.15) is 10.8 Å². The number of hydrogen-bond donors (Lipinski definition) is 2. The molecule has 1 fully saturated rings. The first-order valence-electron chi connectivity index (χ1n) is 9.24. The molecule has 0 saturated carbocycles. The van der Waals surface area contributed by atoms with Crippen molar-refractivity contribution < 1.29 is 4.74 Å². The van der Waals surface area contributed by atoms with Crippen LogP contribution in [0, 0.1) is 13.8 Å². The van der Waals surface area contributed by atoms with Gasteiger partial charge in [-0.25, -0.2) is 9.97 Å². The minimum absolute atomic E-state index is 0.239. The second-order valence-corrected chi connectivity index (χ2v) is 7.97. The Balaban J connectivity index is 1.54. The van der Waals surface area contributed by atoms with Crippen LogP contribution in [0.25, 0.3) is 0 Å². The zero-order chi connectivity index (χ0) is 19.2. The zero-order valence-corrected chi connectivity index (χ0v) is 17.3. The van der Waals surface area contributed by atoms with E-state index in [0.29, 0.717) is 13.1 Å². The third-order valence-electron chi connectivity index (χ3n) is 4.54. The molecule has 27 heavy (non-hydrogen) atoms.